The predicted molar refractivity (Wildman–Crippen MR) is 73.0 cm³/mol. The van der Waals surface area contributed by atoms with Crippen LogP contribution in [-0.2, 0) is 9.53 Å². The lowest BCUT2D eigenvalue weighted by Crippen LogP contribution is -2.40. The Morgan fingerprint density at radius 2 is 2.05 bits per heavy atom. The Hall–Kier alpha value is -2.90. The second-order valence-electron chi connectivity index (χ2n) is 4.34. The molecule has 8 nitrogen and oxygen atoms in total. The van der Waals surface area contributed by atoms with E-state index < -0.39 is 23.6 Å². The highest BCUT2D eigenvalue weighted by molar-refractivity contribution is 5.96. The summed E-state index contributed by atoms with van der Waals surface area (Å²) in [6.07, 6.45) is 0.870. The first kappa shape index (κ1) is 14.5. The van der Waals surface area contributed by atoms with Crippen LogP contribution in [-0.4, -0.2) is 29.8 Å². The normalized spacial score (nSPS) is 11.9. The van der Waals surface area contributed by atoms with Crippen molar-refractivity contribution in [3.63, 3.8) is 0 Å². The number of para-hydroxylation sites is 2. The van der Waals surface area contributed by atoms with Gasteiger partial charge in [0.2, 0.25) is 0 Å². The van der Waals surface area contributed by atoms with Gasteiger partial charge in [-0.2, -0.15) is 0 Å². The van der Waals surface area contributed by atoms with Crippen LogP contribution >= 0.6 is 0 Å². The quantitative estimate of drug-likeness (QED) is 0.642. The SMILES string of the molecule is COC(=O)C(C)NC(=O)c1c[n+](=O)c2ccccc2n1[O-]. The van der Waals surface area contributed by atoms with Crippen molar-refractivity contribution in [1.82, 2.24) is 10.0 Å². The Kier molecular flexibility index (Phi) is 3.88. The average molecular weight is 291 g/mol. The fraction of sp³-hybridized carbons (Fsp3) is 0.231. The summed E-state index contributed by atoms with van der Waals surface area (Å²) in [4.78, 5) is 35.1. The van der Waals surface area contributed by atoms with Gasteiger partial charge < -0.3 is 20.0 Å². The molecule has 0 radical (unpaired) electrons. The number of amides is 1. The van der Waals surface area contributed by atoms with E-state index in [2.05, 4.69) is 10.1 Å². The molecule has 2 rings (SSSR count). The minimum absolute atomic E-state index is 0.0610. The fourth-order valence-corrected chi connectivity index (χ4v) is 1.84. The lowest BCUT2D eigenvalue weighted by Gasteiger charge is -2.17. The maximum Gasteiger partial charge on any atom is 0.328 e. The van der Waals surface area contributed by atoms with E-state index in [1.165, 1.54) is 26.2 Å². The number of carbonyl (C=O) groups is 2. The molecule has 1 aromatic carbocycles. The van der Waals surface area contributed by atoms with Crippen molar-refractivity contribution >= 4 is 22.9 Å². The topological polar surface area (TPSA) is 106 Å². The lowest BCUT2D eigenvalue weighted by atomic mass is 10.2. The van der Waals surface area contributed by atoms with Gasteiger partial charge >= 0.3 is 5.97 Å². The Labute approximate surface area is 119 Å². The van der Waals surface area contributed by atoms with Gasteiger partial charge in [0.15, 0.2) is 5.69 Å². The molecule has 0 spiro atoms. The van der Waals surface area contributed by atoms with Crippen molar-refractivity contribution in [3.05, 3.63) is 46.3 Å². The van der Waals surface area contributed by atoms with E-state index in [9.17, 15) is 19.7 Å². The highest BCUT2D eigenvalue weighted by atomic mass is 16.5. The molecule has 0 saturated carbocycles. The summed E-state index contributed by atoms with van der Waals surface area (Å²) in [6, 6.07) is 5.15. The molecule has 0 aliphatic rings. The van der Waals surface area contributed by atoms with Crippen LogP contribution in [0.5, 0.6) is 0 Å². The van der Waals surface area contributed by atoms with Crippen molar-refractivity contribution in [1.29, 1.82) is 0 Å². The molecule has 1 aromatic heterocycles. The van der Waals surface area contributed by atoms with Crippen LogP contribution in [0.2, 0.25) is 0 Å². The molecule has 0 aliphatic heterocycles. The molecule has 0 saturated heterocycles. The van der Waals surface area contributed by atoms with Crippen LogP contribution < -0.4 is 9.74 Å². The molecule has 1 N–H and O–H groups in total. The number of fused-ring (bicyclic) bond motifs is 1. The summed E-state index contributed by atoms with van der Waals surface area (Å²) in [7, 11) is 1.18. The molecule has 2 aromatic rings. The molecule has 110 valence electrons. The molecular formula is C13H13N3O5. The van der Waals surface area contributed by atoms with Gasteiger partial charge in [0.25, 0.3) is 17.6 Å². The number of nitrogens with zero attached hydrogens (tertiary/aromatic N) is 2. The van der Waals surface area contributed by atoms with E-state index in [1.54, 1.807) is 12.1 Å². The number of ether oxygens (including phenoxy) is 1. The second-order valence-corrected chi connectivity index (χ2v) is 4.34. The lowest BCUT2D eigenvalue weighted by molar-refractivity contribution is -0.464. The maximum absolute atomic E-state index is 12.1. The molecule has 0 aliphatic carbocycles. The minimum atomic E-state index is -0.936. The molecule has 0 fully saturated rings. The summed E-state index contributed by atoms with van der Waals surface area (Å²) in [5.41, 5.74) is -0.199. The number of nitrogens with one attached hydrogen (secondary N) is 1. The van der Waals surface area contributed by atoms with Crippen molar-refractivity contribution < 1.29 is 18.8 Å². The zero-order chi connectivity index (χ0) is 15.6. The second kappa shape index (κ2) is 5.61. The van der Waals surface area contributed by atoms with Crippen LogP contribution in [0.1, 0.15) is 17.4 Å². The number of aromatic nitrogens is 2. The molecular weight excluding hydrogens is 278 g/mol. The van der Waals surface area contributed by atoms with Gasteiger partial charge in [-0.15, -0.1) is 0 Å². The molecule has 1 heterocycles. The Morgan fingerprint density at radius 1 is 1.38 bits per heavy atom. The van der Waals surface area contributed by atoms with Gasteiger partial charge in [-0.3, -0.25) is 4.79 Å². The molecule has 8 heteroatoms. The van der Waals surface area contributed by atoms with Crippen LogP contribution in [0, 0.1) is 10.1 Å². The molecule has 1 unspecified atom stereocenters. The summed E-state index contributed by atoms with van der Waals surface area (Å²) in [5, 5.41) is 14.4. The van der Waals surface area contributed by atoms with E-state index in [-0.39, 0.29) is 11.0 Å². The van der Waals surface area contributed by atoms with Crippen LogP contribution in [0.4, 0.5) is 0 Å². The predicted octanol–water partition coefficient (Wildman–Crippen LogP) is 0.193. The Bertz CT molecular complexity index is 768. The molecule has 21 heavy (non-hydrogen) atoms. The first-order valence-electron chi connectivity index (χ1n) is 6.09. The monoisotopic (exact) mass is 291 g/mol. The van der Waals surface area contributed by atoms with Crippen LogP contribution in [0.25, 0.3) is 11.0 Å². The van der Waals surface area contributed by atoms with E-state index in [0.29, 0.717) is 9.16 Å². The fourth-order valence-electron chi connectivity index (χ4n) is 1.84. The third kappa shape index (κ3) is 2.69. The number of esters is 1. The average Bonchev–Trinajstić information content (AvgIpc) is 2.49. The zero-order valence-corrected chi connectivity index (χ0v) is 11.4. The molecule has 1 atom stereocenters. The van der Waals surface area contributed by atoms with Gasteiger partial charge in [0, 0.05) is 11.0 Å². The van der Waals surface area contributed by atoms with Gasteiger partial charge in [0.05, 0.1) is 11.5 Å². The number of hydrogen-bond donors (Lipinski definition) is 1. The highest BCUT2D eigenvalue weighted by Crippen LogP contribution is 2.10. The maximum atomic E-state index is 12.1. The smallest absolute Gasteiger partial charge is 0.328 e. The van der Waals surface area contributed by atoms with Gasteiger partial charge in [-0.25, -0.2) is 4.79 Å². The summed E-state index contributed by atoms with van der Waals surface area (Å²) in [5.74, 6) is -1.49. The van der Waals surface area contributed by atoms with Crippen molar-refractivity contribution in [2.75, 3.05) is 7.11 Å². The third-order valence-corrected chi connectivity index (χ3v) is 2.93. The van der Waals surface area contributed by atoms with E-state index in [4.69, 9.17) is 0 Å². The Balaban J connectivity index is 2.43. The van der Waals surface area contributed by atoms with E-state index in [0.717, 1.165) is 6.20 Å². The number of rotatable bonds is 3. The Morgan fingerprint density at radius 3 is 2.71 bits per heavy atom. The minimum Gasteiger partial charge on any atom is -0.805 e. The van der Waals surface area contributed by atoms with Gasteiger partial charge in [-0.1, -0.05) is 12.1 Å². The van der Waals surface area contributed by atoms with Crippen LogP contribution in [0.3, 0.4) is 0 Å². The number of benzene rings is 1. The van der Waals surface area contributed by atoms with Crippen LogP contribution in [0.15, 0.2) is 30.5 Å². The van der Waals surface area contributed by atoms with Crippen molar-refractivity contribution in [3.8, 4) is 0 Å². The third-order valence-electron chi connectivity index (χ3n) is 2.93. The largest absolute Gasteiger partial charge is 0.805 e. The van der Waals surface area contributed by atoms with Crippen molar-refractivity contribution in [2.45, 2.75) is 13.0 Å². The summed E-state index contributed by atoms with van der Waals surface area (Å²) < 4.78 is 5.25. The van der Waals surface area contributed by atoms with E-state index in [1.807, 2.05) is 0 Å². The first-order valence-corrected chi connectivity index (χ1v) is 6.09. The number of methoxy groups -OCH3 is 1. The summed E-state index contributed by atoms with van der Waals surface area (Å²) >= 11 is 0. The molecule has 0 bridgehead atoms. The van der Waals surface area contributed by atoms with E-state index >= 15 is 0 Å². The standard InChI is InChI=1S/C13H13N3O5/c1-8(13(18)21-2)14-12(17)11-7-15(19)9-5-3-4-6-10(9)16(11)20/h3-8H,1-2H3,(H,14,17). The zero-order valence-electron chi connectivity index (χ0n) is 11.4. The highest BCUT2D eigenvalue weighted by Gasteiger charge is 2.21. The first-order chi connectivity index (χ1) is 9.95. The van der Waals surface area contributed by atoms with Gasteiger partial charge in [0.1, 0.15) is 11.6 Å². The number of hydrogen-bond acceptors (Lipinski definition) is 5. The molecule has 1 amide bonds. The summed E-state index contributed by atoms with van der Waals surface area (Å²) in [6.45, 7) is 1.41. The van der Waals surface area contributed by atoms with Gasteiger partial charge in [-0.05, 0) is 13.0 Å². The number of carbonyl (C=O) groups excluding carboxylic acids is 2. The van der Waals surface area contributed by atoms with Crippen molar-refractivity contribution in [2.24, 2.45) is 0 Å².